The standard InChI is InChI=1S/C16H21N3O3/c1-4-6-13-16(17-14(20)10-21-2)15(19-18-13)11-7-5-8-12(9-11)22-3/h5,7-9H,4,6,10H2,1-3H3,(H,17,20)(H,18,19). The molecule has 0 radical (unpaired) electrons. The van der Waals surface area contributed by atoms with Gasteiger partial charge in [0.25, 0.3) is 0 Å². The van der Waals surface area contributed by atoms with Gasteiger partial charge in [0, 0.05) is 12.7 Å². The zero-order valence-electron chi connectivity index (χ0n) is 13.1. The van der Waals surface area contributed by atoms with Crippen LogP contribution in [0.25, 0.3) is 11.3 Å². The lowest BCUT2D eigenvalue weighted by molar-refractivity contribution is -0.119. The average molecular weight is 303 g/mol. The van der Waals surface area contributed by atoms with E-state index in [9.17, 15) is 4.79 Å². The number of nitrogens with one attached hydrogen (secondary N) is 2. The molecule has 1 heterocycles. The summed E-state index contributed by atoms with van der Waals surface area (Å²) in [4.78, 5) is 11.9. The van der Waals surface area contributed by atoms with Crippen LogP contribution in [0.4, 0.5) is 5.69 Å². The number of carbonyl (C=O) groups is 1. The lowest BCUT2D eigenvalue weighted by Gasteiger charge is -2.08. The lowest BCUT2D eigenvalue weighted by atomic mass is 10.1. The minimum absolute atomic E-state index is 0.00823. The van der Waals surface area contributed by atoms with Crippen molar-refractivity contribution in [1.82, 2.24) is 10.2 Å². The van der Waals surface area contributed by atoms with E-state index in [-0.39, 0.29) is 12.5 Å². The molecule has 6 heteroatoms. The Morgan fingerprint density at radius 3 is 2.86 bits per heavy atom. The first-order chi connectivity index (χ1) is 10.7. The Balaban J connectivity index is 2.39. The second-order valence-electron chi connectivity index (χ2n) is 4.89. The van der Waals surface area contributed by atoms with Gasteiger partial charge in [-0.2, -0.15) is 5.10 Å². The van der Waals surface area contributed by atoms with Crippen molar-refractivity contribution in [3.05, 3.63) is 30.0 Å². The van der Waals surface area contributed by atoms with E-state index in [0.29, 0.717) is 11.4 Å². The SMILES string of the molecule is CCCc1[nH]nc(-c2cccc(OC)c2)c1NC(=O)COC. The maximum Gasteiger partial charge on any atom is 0.250 e. The number of ether oxygens (including phenoxy) is 2. The topological polar surface area (TPSA) is 76.2 Å². The van der Waals surface area contributed by atoms with Crippen molar-refractivity contribution in [3.8, 4) is 17.0 Å². The molecule has 1 aromatic carbocycles. The van der Waals surface area contributed by atoms with Crippen LogP contribution in [0.5, 0.6) is 5.75 Å². The van der Waals surface area contributed by atoms with Gasteiger partial charge in [0.15, 0.2) is 0 Å². The van der Waals surface area contributed by atoms with Crippen molar-refractivity contribution in [2.24, 2.45) is 0 Å². The van der Waals surface area contributed by atoms with Gasteiger partial charge >= 0.3 is 0 Å². The summed E-state index contributed by atoms with van der Waals surface area (Å²) in [5.41, 5.74) is 3.19. The number of aromatic amines is 1. The van der Waals surface area contributed by atoms with Gasteiger partial charge in [0.2, 0.25) is 5.91 Å². The molecular weight excluding hydrogens is 282 g/mol. The molecule has 0 fully saturated rings. The molecule has 0 atom stereocenters. The van der Waals surface area contributed by atoms with Crippen LogP contribution in [-0.2, 0) is 16.0 Å². The van der Waals surface area contributed by atoms with Crippen molar-refractivity contribution >= 4 is 11.6 Å². The fourth-order valence-corrected chi connectivity index (χ4v) is 2.23. The first kappa shape index (κ1) is 16.0. The lowest BCUT2D eigenvalue weighted by Crippen LogP contribution is -2.18. The number of methoxy groups -OCH3 is 2. The van der Waals surface area contributed by atoms with E-state index in [1.807, 2.05) is 24.3 Å². The first-order valence-corrected chi connectivity index (χ1v) is 7.20. The van der Waals surface area contributed by atoms with Crippen molar-refractivity contribution in [3.63, 3.8) is 0 Å². The number of H-pyrrole nitrogens is 1. The number of amides is 1. The number of hydrogen-bond donors (Lipinski definition) is 2. The normalized spacial score (nSPS) is 10.5. The molecule has 0 aliphatic rings. The minimum Gasteiger partial charge on any atom is -0.497 e. The predicted octanol–water partition coefficient (Wildman–Crippen LogP) is 2.62. The second-order valence-corrected chi connectivity index (χ2v) is 4.89. The van der Waals surface area contributed by atoms with Crippen LogP contribution >= 0.6 is 0 Å². The molecule has 0 saturated carbocycles. The molecule has 2 rings (SSSR count). The molecule has 1 amide bonds. The Morgan fingerprint density at radius 1 is 1.36 bits per heavy atom. The third-order valence-corrected chi connectivity index (χ3v) is 3.22. The van der Waals surface area contributed by atoms with Crippen LogP contribution in [-0.4, -0.2) is 36.9 Å². The van der Waals surface area contributed by atoms with E-state index in [2.05, 4.69) is 22.4 Å². The summed E-state index contributed by atoms with van der Waals surface area (Å²) in [5.74, 6) is 0.539. The van der Waals surface area contributed by atoms with Crippen LogP contribution in [0.2, 0.25) is 0 Å². The van der Waals surface area contributed by atoms with E-state index in [1.165, 1.54) is 7.11 Å². The average Bonchev–Trinajstić information content (AvgIpc) is 2.91. The third-order valence-electron chi connectivity index (χ3n) is 3.22. The fourth-order valence-electron chi connectivity index (χ4n) is 2.23. The van der Waals surface area contributed by atoms with Gasteiger partial charge in [-0.05, 0) is 18.6 Å². The van der Waals surface area contributed by atoms with Gasteiger partial charge in [-0.25, -0.2) is 0 Å². The molecule has 118 valence electrons. The number of aryl methyl sites for hydroxylation is 1. The molecule has 2 aromatic rings. The zero-order valence-corrected chi connectivity index (χ0v) is 13.1. The highest BCUT2D eigenvalue weighted by Crippen LogP contribution is 2.31. The van der Waals surface area contributed by atoms with Crippen molar-refractivity contribution in [2.45, 2.75) is 19.8 Å². The highest BCUT2D eigenvalue weighted by atomic mass is 16.5. The Morgan fingerprint density at radius 2 is 2.18 bits per heavy atom. The number of benzene rings is 1. The predicted molar refractivity (Wildman–Crippen MR) is 85.1 cm³/mol. The number of anilines is 1. The Kier molecular flexibility index (Phi) is 5.55. The molecule has 0 unspecified atom stereocenters. The summed E-state index contributed by atoms with van der Waals surface area (Å²) >= 11 is 0. The van der Waals surface area contributed by atoms with Gasteiger partial charge in [-0.15, -0.1) is 0 Å². The molecule has 0 bridgehead atoms. The molecule has 0 saturated heterocycles. The van der Waals surface area contributed by atoms with Gasteiger partial charge in [0.1, 0.15) is 18.1 Å². The maximum absolute atomic E-state index is 11.9. The van der Waals surface area contributed by atoms with Crippen LogP contribution < -0.4 is 10.1 Å². The minimum atomic E-state index is -0.203. The quantitative estimate of drug-likeness (QED) is 0.824. The molecule has 1 aromatic heterocycles. The van der Waals surface area contributed by atoms with Crippen molar-refractivity contribution < 1.29 is 14.3 Å². The Hall–Kier alpha value is -2.34. The third kappa shape index (κ3) is 3.65. The van der Waals surface area contributed by atoms with E-state index >= 15 is 0 Å². The van der Waals surface area contributed by atoms with Crippen LogP contribution in [0.1, 0.15) is 19.0 Å². The van der Waals surface area contributed by atoms with Crippen LogP contribution in [0.15, 0.2) is 24.3 Å². The van der Waals surface area contributed by atoms with Gasteiger partial charge in [-0.3, -0.25) is 9.89 Å². The summed E-state index contributed by atoms with van der Waals surface area (Å²) in [6, 6.07) is 7.58. The fraction of sp³-hybridized carbons (Fsp3) is 0.375. The van der Waals surface area contributed by atoms with E-state index < -0.39 is 0 Å². The van der Waals surface area contributed by atoms with E-state index in [0.717, 1.165) is 29.8 Å². The number of hydrogen-bond acceptors (Lipinski definition) is 4. The van der Waals surface area contributed by atoms with Crippen LogP contribution in [0.3, 0.4) is 0 Å². The first-order valence-electron chi connectivity index (χ1n) is 7.20. The van der Waals surface area contributed by atoms with Crippen molar-refractivity contribution in [2.75, 3.05) is 26.1 Å². The summed E-state index contributed by atoms with van der Waals surface area (Å²) < 4.78 is 10.1. The van der Waals surface area contributed by atoms with Crippen LogP contribution in [0, 0.1) is 0 Å². The second kappa shape index (κ2) is 7.61. The molecule has 0 aliphatic heterocycles. The van der Waals surface area contributed by atoms with Gasteiger partial charge in [-0.1, -0.05) is 25.5 Å². The number of nitrogens with zero attached hydrogens (tertiary/aromatic N) is 1. The summed E-state index contributed by atoms with van der Waals surface area (Å²) in [7, 11) is 3.11. The Labute approximate surface area is 129 Å². The van der Waals surface area contributed by atoms with Gasteiger partial charge in [0.05, 0.1) is 18.5 Å². The maximum atomic E-state index is 11.9. The smallest absolute Gasteiger partial charge is 0.250 e. The highest BCUT2D eigenvalue weighted by molar-refractivity contribution is 5.96. The Bertz CT molecular complexity index is 637. The molecule has 22 heavy (non-hydrogen) atoms. The number of carbonyl (C=O) groups excluding carboxylic acids is 1. The van der Waals surface area contributed by atoms with E-state index in [1.54, 1.807) is 7.11 Å². The zero-order chi connectivity index (χ0) is 15.9. The molecule has 2 N–H and O–H groups in total. The molecule has 0 aliphatic carbocycles. The summed E-state index contributed by atoms with van der Waals surface area (Å²) in [6.07, 6.45) is 1.76. The summed E-state index contributed by atoms with van der Waals surface area (Å²) in [6.45, 7) is 2.08. The number of rotatable bonds is 7. The summed E-state index contributed by atoms with van der Waals surface area (Å²) in [5, 5.41) is 10.3. The molecular formula is C16H21N3O3. The molecule has 0 spiro atoms. The largest absolute Gasteiger partial charge is 0.497 e. The van der Waals surface area contributed by atoms with Gasteiger partial charge < -0.3 is 14.8 Å². The molecule has 6 nitrogen and oxygen atoms in total. The highest BCUT2D eigenvalue weighted by Gasteiger charge is 2.17. The monoisotopic (exact) mass is 303 g/mol. The number of aromatic nitrogens is 2. The van der Waals surface area contributed by atoms with E-state index in [4.69, 9.17) is 9.47 Å². The van der Waals surface area contributed by atoms with Crippen molar-refractivity contribution in [1.29, 1.82) is 0 Å².